The molecule has 2 aliphatic heterocycles. The summed E-state index contributed by atoms with van der Waals surface area (Å²) in [5.74, 6) is -0.0867. The van der Waals surface area contributed by atoms with Gasteiger partial charge in [-0.1, -0.05) is 18.2 Å². The first-order valence-electron chi connectivity index (χ1n) is 8.63. The predicted molar refractivity (Wildman–Crippen MR) is 93.3 cm³/mol. The van der Waals surface area contributed by atoms with Gasteiger partial charge in [0.15, 0.2) is 5.69 Å². The fourth-order valence-corrected chi connectivity index (χ4v) is 3.76. The van der Waals surface area contributed by atoms with Gasteiger partial charge < -0.3 is 15.5 Å². The molecule has 2 aromatic rings. The van der Waals surface area contributed by atoms with E-state index in [2.05, 4.69) is 56.9 Å². The van der Waals surface area contributed by atoms with Gasteiger partial charge in [-0.2, -0.15) is 5.10 Å². The molecule has 4 rings (SSSR count). The van der Waals surface area contributed by atoms with Gasteiger partial charge in [0.1, 0.15) is 0 Å². The summed E-state index contributed by atoms with van der Waals surface area (Å²) in [7, 11) is 0. The van der Waals surface area contributed by atoms with Gasteiger partial charge in [-0.3, -0.25) is 9.89 Å². The van der Waals surface area contributed by atoms with Crippen LogP contribution in [0.4, 0.5) is 5.69 Å². The zero-order valence-electron chi connectivity index (χ0n) is 13.9. The number of nitrogens with zero attached hydrogens (tertiary/aromatic N) is 2. The van der Waals surface area contributed by atoms with E-state index < -0.39 is 0 Å². The quantitative estimate of drug-likeness (QED) is 0.791. The minimum atomic E-state index is -0.0867. The van der Waals surface area contributed by atoms with Crippen molar-refractivity contribution in [3.8, 4) is 0 Å². The van der Waals surface area contributed by atoms with Crippen LogP contribution < -0.4 is 15.5 Å². The molecule has 1 aromatic heterocycles. The summed E-state index contributed by atoms with van der Waals surface area (Å²) in [6, 6.07) is 8.99. The van der Waals surface area contributed by atoms with Crippen LogP contribution in [-0.2, 0) is 19.4 Å². The Kier molecular flexibility index (Phi) is 3.98. The van der Waals surface area contributed by atoms with Crippen molar-refractivity contribution in [2.24, 2.45) is 0 Å². The highest BCUT2D eigenvalue weighted by molar-refractivity contribution is 5.94. The van der Waals surface area contributed by atoms with Crippen molar-refractivity contribution >= 4 is 11.6 Å². The number of aromatic nitrogens is 2. The molecule has 1 unspecified atom stereocenters. The molecule has 2 aliphatic rings. The smallest absolute Gasteiger partial charge is 0.272 e. The van der Waals surface area contributed by atoms with Crippen LogP contribution in [0, 0.1) is 0 Å². The van der Waals surface area contributed by atoms with Gasteiger partial charge >= 0.3 is 0 Å². The highest BCUT2D eigenvalue weighted by Crippen LogP contribution is 2.31. The van der Waals surface area contributed by atoms with Crippen LogP contribution in [0.15, 0.2) is 24.3 Å². The molecule has 3 N–H and O–H groups in total. The molecule has 3 heterocycles. The Morgan fingerprint density at radius 3 is 3.21 bits per heavy atom. The predicted octanol–water partition coefficient (Wildman–Crippen LogP) is 1.24. The van der Waals surface area contributed by atoms with E-state index in [1.807, 2.05) is 0 Å². The van der Waals surface area contributed by atoms with Crippen molar-refractivity contribution in [1.29, 1.82) is 0 Å². The first kappa shape index (κ1) is 15.2. The summed E-state index contributed by atoms with van der Waals surface area (Å²) >= 11 is 0. The Morgan fingerprint density at radius 2 is 2.29 bits per heavy atom. The lowest BCUT2D eigenvalue weighted by atomic mass is 10.1. The number of hydrogen-bond donors (Lipinski definition) is 3. The third-order valence-electron chi connectivity index (χ3n) is 5.01. The van der Waals surface area contributed by atoms with Gasteiger partial charge in [0.05, 0.1) is 0 Å². The highest BCUT2D eigenvalue weighted by atomic mass is 16.1. The number of amides is 1. The lowest BCUT2D eigenvalue weighted by molar-refractivity contribution is 0.0948. The molecule has 0 bridgehead atoms. The van der Waals surface area contributed by atoms with Crippen LogP contribution in [0.25, 0.3) is 0 Å². The number of hydrogen-bond acceptors (Lipinski definition) is 4. The van der Waals surface area contributed by atoms with E-state index in [9.17, 15) is 4.79 Å². The van der Waals surface area contributed by atoms with E-state index in [-0.39, 0.29) is 5.91 Å². The number of para-hydroxylation sites is 1. The van der Waals surface area contributed by atoms with Gasteiger partial charge in [0.2, 0.25) is 0 Å². The van der Waals surface area contributed by atoms with Crippen LogP contribution >= 0.6 is 0 Å². The zero-order valence-corrected chi connectivity index (χ0v) is 13.9. The molecule has 24 heavy (non-hydrogen) atoms. The number of aromatic amines is 1. The third-order valence-corrected chi connectivity index (χ3v) is 5.01. The zero-order chi connectivity index (χ0) is 16.5. The number of nitrogens with one attached hydrogen (secondary N) is 3. The molecule has 1 amide bonds. The Hall–Kier alpha value is -2.34. The number of carbonyl (C=O) groups excluding carboxylic acids is 1. The molecule has 0 fully saturated rings. The average Bonchev–Trinajstić information content (AvgIpc) is 3.16. The van der Waals surface area contributed by atoms with Gasteiger partial charge in [-0.15, -0.1) is 0 Å². The minimum Gasteiger partial charge on any atom is -0.367 e. The fraction of sp³-hybridized carbons (Fsp3) is 0.444. The molecule has 126 valence electrons. The largest absolute Gasteiger partial charge is 0.367 e. The minimum absolute atomic E-state index is 0.0867. The second-order valence-electron chi connectivity index (χ2n) is 6.59. The number of H-pyrrole nitrogens is 1. The van der Waals surface area contributed by atoms with Crippen molar-refractivity contribution < 1.29 is 4.79 Å². The van der Waals surface area contributed by atoms with Crippen LogP contribution in [0.2, 0.25) is 0 Å². The van der Waals surface area contributed by atoms with Gasteiger partial charge in [0, 0.05) is 55.6 Å². The fourth-order valence-electron chi connectivity index (χ4n) is 3.76. The summed E-state index contributed by atoms with van der Waals surface area (Å²) in [4.78, 5) is 14.8. The summed E-state index contributed by atoms with van der Waals surface area (Å²) < 4.78 is 0. The molecule has 0 aliphatic carbocycles. The monoisotopic (exact) mass is 325 g/mol. The van der Waals surface area contributed by atoms with E-state index in [0.29, 0.717) is 24.8 Å². The summed E-state index contributed by atoms with van der Waals surface area (Å²) in [6.45, 7) is 5.31. The van der Waals surface area contributed by atoms with E-state index in [1.165, 1.54) is 11.3 Å². The maximum absolute atomic E-state index is 12.4. The molecule has 1 atom stereocenters. The number of benzene rings is 1. The molecule has 0 spiro atoms. The SMILES string of the molecule is CC1Cc2ccccc2N1CCNC(=O)c1n[nH]c2c1CNCC2. The molecular formula is C18H23N5O. The number of fused-ring (bicyclic) bond motifs is 2. The Morgan fingerprint density at radius 1 is 1.42 bits per heavy atom. The van der Waals surface area contributed by atoms with Gasteiger partial charge in [0.25, 0.3) is 5.91 Å². The van der Waals surface area contributed by atoms with E-state index in [1.54, 1.807) is 0 Å². The van der Waals surface area contributed by atoms with Crippen molar-refractivity contribution in [2.45, 2.75) is 32.4 Å². The van der Waals surface area contributed by atoms with Crippen molar-refractivity contribution in [2.75, 3.05) is 24.5 Å². The first-order valence-corrected chi connectivity index (χ1v) is 8.63. The first-order chi connectivity index (χ1) is 11.7. The van der Waals surface area contributed by atoms with E-state index in [0.717, 1.165) is 37.2 Å². The Balaban J connectivity index is 1.38. The van der Waals surface area contributed by atoms with Gasteiger partial charge in [-0.25, -0.2) is 0 Å². The Labute approximate surface area is 141 Å². The topological polar surface area (TPSA) is 73.0 Å². The lowest BCUT2D eigenvalue weighted by Crippen LogP contribution is -2.38. The van der Waals surface area contributed by atoms with Crippen molar-refractivity contribution in [3.63, 3.8) is 0 Å². The third kappa shape index (κ3) is 2.67. The molecule has 0 saturated heterocycles. The summed E-state index contributed by atoms with van der Waals surface area (Å²) in [5.41, 5.74) is 5.32. The van der Waals surface area contributed by atoms with Crippen LogP contribution in [0.3, 0.4) is 0 Å². The van der Waals surface area contributed by atoms with Crippen molar-refractivity contribution in [3.05, 3.63) is 46.8 Å². The second kappa shape index (κ2) is 6.28. The van der Waals surface area contributed by atoms with E-state index in [4.69, 9.17) is 0 Å². The summed E-state index contributed by atoms with van der Waals surface area (Å²) in [5, 5.41) is 13.5. The second-order valence-corrected chi connectivity index (χ2v) is 6.59. The normalized spacial score (nSPS) is 19.0. The molecule has 1 aromatic carbocycles. The molecule has 6 heteroatoms. The van der Waals surface area contributed by atoms with Gasteiger partial charge in [-0.05, 0) is 25.0 Å². The number of rotatable bonds is 4. The molecule has 0 saturated carbocycles. The highest BCUT2D eigenvalue weighted by Gasteiger charge is 2.25. The summed E-state index contributed by atoms with van der Waals surface area (Å²) in [6.07, 6.45) is 1.97. The van der Waals surface area contributed by atoms with Crippen LogP contribution in [-0.4, -0.2) is 41.8 Å². The van der Waals surface area contributed by atoms with Crippen molar-refractivity contribution in [1.82, 2.24) is 20.8 Å². The van der Waals surface area contributed by atoms with Crippen LogP contribution in [0.5, 0.6) is 0 Å². The standard InChI is InChI=1S/C18H23N5O/c1-12-10-13-4-2-3-5-16(13)23(12)9-8-20-18(24)17-14-11-19-7-6-15(14)21-22-17/h2-5,12,19H,6-11H2,1H3,(H,20,24)(H,21,22). The van der Waals surface area contributed by atoms with E-state index >= 15 is 0 Å². The maximum atomic E-state index is 12.4. The Bertz CT molecular complexity index is 754. The molecular weight excluding hydrogens is 302 g/mol. The average molecular weight is 325 g/mol. The lowest BCUT2D eigenvalue weighted by Gasteiger charge is -2.25. The maximum Gasteiger partial charge on any atom is 0.272 e. The number of anilines is 1. The number of carbonyl (C=O) groups is 1. The van der Waals surface area contributed by atoms with Crippen LogP contribution in [0.1, 0.15) is 34.2 Å². The molecule has 6 nitrogen and oxygen atoms in total. The molecule has 0 radical (unpaired) electrons.